The van der Waals surface area contributed by atoms with E-state index in [9.17, 15) is 4.79 Å². The fourth-order valence-electron chi connectivity index (χ4n) is 1.12. The zero-order valence-electron chi connectivity index (χ0n) is 8.39. The van der Waals surface area contributed by atoms with Gasteiger partial charge in [-0.05, 0) is 6.08 Å². The molecule has 0 aliphatic carbocycles. The fourth-order valence-corrected chi connectivity index (χ4v) is 1.12. The number of aliphatic imine (C=N–C) groups is 2. The minimum atomic E-state index is -4.67. The van der Waals surface area contributed by atoms with Crippen molar-refractivity contribution in [3.63, 3.8) is 0 Å². The normalized spacial score (nSPS) is 22.0. The quantitative estimate of drug-likeness (QED) is 0.494. The van der Waals surface area contributed by atoms with Crippen LogP contribution >= 0.6 is 0 Å². The highest BCUT2D eigenvalue weighted by molar-refractivity contribution is 7.79. The van der Waals surface area contributed by atoms with E-state index in [1.54, 1.807) is 12.2 Å². The minimum absolute atomic E-state index is 0.0231. The van der Waals surface area contributed by atoms with Crippen LogP contribution in [0, 0.1) is 5.92 Å². The van der Waals surface area contributed by atoms with Gasteiger partial charge in [0, 0.05) is 6.08 Å². The van der Waals surface area contributed by atoms with Crippen LogP contribution in [0.3, 0.4) is 0 Å². The van der Waals surface area contributed by atoms with E-state index in [-0.39, 0.29) is 11.8 Å². The summed E-state index contributed by atoms with van der Waals surface area (Å²) in [6.45, 7) is 0. The van der Waals surface area contributed by atoms with Crippen LogP contribution < -0.4 is 5.73 Å². The molecule has 0 bridgehead atoms. The molecule has 1 unspecified atom stereocenters. The summed E-state index contributed by atoms with van der Waals surface area (Å²) < 4.78 is 31.6. The number of carbonyl (C=O) groups excluding carboxylic acids is 1. The molecule has 0 radical (unpaired) electrons. The van der Waals surface area contributed by atoms with E-state index >= 15 is 0 Å². The Bertz CT molecular complexity index is 536. The largest absolute Gasteiger partial charge is 0.394 e. The Kier molecular flexibility index (Phi) is 3.89. The van der Waals surface area contributed by atoms with Crippen LogP contribution in [-0.4, -0.2) is 35.1 Å². The first kappa shape index (κ1) is 13.2. The Morgan fingerprint density at radius 2 is 1.71 bits per heavy atom. The van der Waals surface area contributed by atoms with E-state index in [0.29, 0.717) is 11.7 Å². The summed E-state index contributed by atoms with van der Waals surface area (Å²) in [4.78, 5) is 18.5. The molecule has 0 fully saturated rings. The molecule has 0 aromatic carbocycles. The van der Waals surface area contributed by atoms with E-state index in [0.717, 1.165) is 0 Å². The molecule has 0 saturated heterocycles. The summed E-state index contributed by atoms with van der Waals surface area (Å²) in [7, 11) is -4.67. The standard InChI is InChI=1S/C8H7N3O.H2O4S/c9-6-3-1-5-2-4-7(12)11-8(5)10-6;1-5(2,3)4/h1-5H,(H2,9,10,11,12);(H2,1,2,3,4). The second-order valence-corrected chi connectivity index (χ2v) is 3.93. The summed E-state index contributed by atoms with van der Waals surface area (Å²) in [5.41, 5.74) is 5.43. The predicted octanol–water partition coefficient (Wildman–Crippen LogP) is -0.628. The van der Waals surface area contributed by atoms with Crippen LogP contribution in [-0.2, 0) is 15.2 Å². The molecule has 2 heterocycles. The number of fused-ring (bicyclic) bond motifs is 1. The number of hydrogen-bond donors (Lipinski definition) is 3. The summed E-state index contributed by atoms with van der Waals surface area (Å²) in [6.07, 6.45) is 6.78. The van der Waals surface area contributed by atoms with E-state index in [4.69, 9.17) is 23.3 Å². The third-order valence-electron chi connectivity index (χ3n) is 1.69. The molecule has 0 aromatic heterocycles. The minimum Gasteiger partial charge on any atom is -0.384 e. The van der Waals surface area contributed by atoms with Crippen LogP contribution in [0.1, 0.15) is 0 Å². The highest BCUT2D eigenvalue weighted by Gasteiger charge is 2.18. The second-order valence-electron chi connectivity index (χ2n) is 3.04. The summed E-state index contributed by atoms with van der Waals surface area (Å²) >= 11 is 0. The number of nitrogens with two attached hydrogens (primary N) is 1. The molecule has 2 aliphatic heterocycles. The van der Waals surface area contributed by atoms with Gasteiger partial charge in [-0.3, -0.25) is 13.9 Å². The van der Waals surface area contributed by atoms with E-state index in [2.05, 4.69) is 9.98 Å². The SMILES string of the molecule is NC1=NC2=NC(=O)C=CC2C=C1.O=S(=O)(O)O. The van der Waals surface area contributed by atoms with Crippen molar-refractivity contribution in [1.82, 2.24) is 0 Å². The van der Waals surface area contributed by atoms with Crippen molar-refractivity contribution >= 4 is 28.0 Å². The van der Waals surface area contributed by atoms with Crippen LogP contribution in [0.15, 0.2) is 34.3 Å². The Hall–Kier alpha value is -1.84. The molecule has 2 aliphatic rings. The number of carbonyl (C=O) groups is 1. The van der Waals surface area contributed by atoms with E-state index < -0.39 is 10.4 Å². The van der Waals surface area contributed by atoms with Gasteiger partial charge in [0.2, 0.25) is 0 Å². The van der Waals surface area contributed by atoms with Gasteiger partial charge in [-0.15, -0.1) is 0 Å². The molecule has 9 heteroatoms. The molecule has 8 nitrogen and oxygen atoms in total. The highest BCUT2D eigenvalue weighted by atomic mass is 32.3. The first-order chi connectivity index (χ1) is 7.75. The Morgan fingerprint density at radius 1 is 1.18 bits per heavy atom. The Labute approximate surface area is 96.8 Å². The molecule has 2 rings (SSSR count). The molecule has 92 valence electrons. The average Bonchev–Trinajstić information content (AvgIpc) is 2.14. The topological polar surface area (TPSA) is 142 Å². The van der Waals surface area contributed by atoms with Gasteiger partial charge in [0.05, 0.1) is 5.92 Å². The zero-order chi connectivity index (χ0) is 13.1. The lowest BCUT2D eigenvalue weighted by Crippen LogP contribution is -2.23. The third-order valence-corrected chi connectivity index (χ3v) is 1.69. The maximum Gasteiger partial charge on any atom is 0.394 e. The first-order valence-electron chi connectivity index (χ1n) is 4.29. The maximum atomic E-state index is 10.8. The number of rotatable bonds is 0. The summed E-state index contributed by atoms with van der Waals surface area (Å²) in [5, 5.41) is 0. The maximum absolute atomic E-state index is 10.8. The Balaban J connectivity index is 0.000000249. The Morgan fingerprint density at radius 3 is 2.29 bits per heavy atom. The number of hydrogen-bond acceptors (Lipinski definition) is 5. The predicted molar refractivity (Wildman–Crippen MR) is 60.0 cm³/mol. The third kappa shape index (κ3) is 5.15. The van der Waals surface area contributed by atoms with Gasteiger partial charge < -0.3 is 5.73 Å². The number of nitrogens with zero attached hydrogens (tertiary/aromatic N) is 2. The molecule has 0 aromatic rings. The van der Waals surface area contributed by atoms with Crippen molar-refractivity contribution in [3.05, 3.63) is 24.3 Å². The highest BCUT2D eigenvalue weighted by Crippen LogP contribution is 2.14. The van der Waals surface area contributed by atoms with Crippen LogP contribution in [0.4, 0.5) is 0 Å². The van der Waals surface area contributed by atoms with Crippen molar-refractivity contribution < 1.29 is 22.3 Å². The second kappa shape index (κ2) is 4.99. The molecular formula is C8H9N3O5S. The first-order valence-corrected chi connectivity index (χ1v) is 5.68. The van der Waals surface area contributed by atoms with Gasteiger partial charge in [-0.25, -0.2) is 4.99 Å². The van der Waals surface area contributed by atoms with Gasteiger partial charge in [-0.1, -0.05) is 12.2 Å². The van der Waals surface area contributed by atoms with Gasteiger partial charge in [0.1, 0.15) is 11.7 Å². The molecule has 17 heavy (non-hydrogen) atoms. The lowest BCUT2D eigenvalue weighted by molar-refractivity contribution is -0.113. The molecule has 0 spiro atoms. The molecule has 0 saturated carbocycles. The number of amidine groups is 2. The van der Waals surface area contributed by atoms with Crippen LogP contribution in [0.2, 0.25) is 0 Å². The average molecular weight is 259 g/mol. The molecular weight excluding hydrogens is 250 g/mol. The van der Waals surface area contributed by atoms with Crippen molar-refractivity contribution in [2.24, 2.45) is 21.6 Å². The smallest absolute Gasteiger partial charge is 0.384 e. The van der Waals surface area contributed by atoms with Gasteiger partial charge in [0.15, 0.2) is 0 Å². The van der Waals surface area contributed by atoms with Crippen molar-refractivity contribution in [2.45, 2.75) is 0 Å². The van der Waals surface area contributed by atoms with E-state index in [1.807, 2.05) is 6.08 Å². The summed E-state index contributed by atoms with van der Waals surface area (Å²) in [5.74, 6) is 0.638. The number of dihydropyridines is 2. The van der Waals surface area contributed by atoms with Crippen molar-refractivity contribution in [2.75, 3.05) is 0 Å². The van der Waals surface area contributed by atoms with Gasteiger partial charge >= 0.3 is 10.4 Å². The monoisotopic (exact) mass is 259 g/mol. The molecule has 4 N–H and O–H groups in total. The lowest BCUT2D eigenvalue weighted by atomic mass is 10.0. The van der Waals surface area contributed by atoms with Crippen LogP contribution in [0.25, 0.3) is 0 Å². The summed E-state index contributed by atoms with van der Waals surface area (Å²) in [6, 6.07) is 0. The van der Waals surface area contributed by atoms with Gasteiger partial charge in [-0.2, -0.15) is 13.4 Å². The van der Waals surface area contributed by atoms with Crippen molar-refractivity contribution in [1.29, 1.82) is 0 Å². The van der Waals surface area contributed by atoms with E-state index in [1.165, 1.54) is 6.08 Å². The number of amides is 1. The van der Waals surface area contributed by atoms with Crippen LogP contribution in [0.5, 0.6) is 0 Å². The lowest BCUT2D eigenvalue weighted by Gasteiger charge is -2.14. The zero-order valence-corrected chi connectivity index (χ0v) is 9.20. The fraction of sp³-hybridized carbons (Fsp3) is 0.125. The van der Waals surface area contributed by atoms with Crippen molar-refractivity contribution in [3.8, 4) is 0 Å². The van der Waals surface area contributed by atoms with Gasteiger partial charge in [0.25, 0.3) is 5.91 Å². The molecule has 1 amide bonds. The molecule has 1 atom stereocenters.